The Kier molecular flexibility index (Phi) is 3.56. The summed E-state index contributed by atoms with van der Waals surface area (Å²) < 4.78 is 6.40. The quantitative estimate of drug-likeness (QED) is 0.848. The molecule has 1 atom stereocenters. The Hall–Kier alpha value is -2.06. The number of Topliss-reactive ketones (excluding diaryl/α,β-unsaturated/α-hetero) is 1. The number of ether oxygens (including phenoxy) is 1. The van der Waals surface area contributed by atoms with Gasteiger partial charge in [0.05, 0.1) is 0 Å². The Balaban J connectivity index is 2.16. The van der Waals surface area contributed by atoms with Gasteiger partial charge < -0.3 is 10.5 Å². The molecule has 0 unspecified atom stereocenters. The summed E-state index contributed by atoms with van der Waals surface area (Å²) in [6.07, 6.45) is 2.01. The second kappa shape index (κ2) is 5.38. The lowest BCUT2D eigenvalue weighted by atomic mass is 9.78. The van der Waals surface area contributed by atoms with E-state index in [-0.39, 0.29) is 17.6 Å². The molecule has 21 heavy (non-hydrogen) atoms. The first-order valence-corrected chi connectivity index (χ1v) is 7.50. The summed E-state index contributed by atoms with van der Waals surface area (Å²) in [6.45, 7) is 0. The van der Waals surface area contributed by atoms with E-state index in [1.54, 1.807) is 0 Å². The van der Waals surface area contributed by atoms with Crippen molar-refractivity contribution < 1.29 is 9.53 Å². The van der Waals surface area contributed by atoms with E-state index < -0.39 is 0 Å². The molecule has 5 heteroatoms. The zero-order chi connectivity index (χ0) is 15.0. The molecule has 0 saturated heterocycles. The molecule has 0 spiro atoms. The average Bonchev–Trinajstić information content (AvgIpc) is 2.48. The van der Waals surface area contributed by atoms with Crippen molar-refractivity contribution in [3.63, 3.8) is 0 Å². The van der Waals surface area contributed by atoms with E-state index in [1.165, 1.54) is 0 Å². The van der Waals surface area contributed by atoms with Crippen molar-refractivity contribution in [1.82, 2.24) is 0 Å². The molecule has 1 aromatic rings. The number of nitrogens with zero attached hydrogens (tertiary/aromatic N) is 1. The Labute approximate surface area is 131 Å². The van der Waals surface area contributed by atoms with Gasteiger partial charge >= 0.3 is 0 Å². The second-order valence-electron chi connectivity index (χ2n) is 5.11. The standard InChI is InChI=1S/C16H13BrN2O2/c17-10-6-4-9(5-7-10)14-11-2-1-3-13(20)15(11)21-16(19)12(14)8-18/h4-7,14H,1-3,19H2/t14-/m1/s1. The molecule has 0 amide bonds. The lowest BCUT2D eigenvalue weighted by molar-refractivity contribution is -0.119. The minimum Gasteiger partial charge on any atom is -0.437 e. The number of benzene rings is 1. The molecule has 106 valence electrons. The van der Waals surface area contributed by atoms with Crippen molar-refractivity contribution in [2.75, 3.05) is 0 Å². The third-order valence-corrected chi connectivity index (χ3v) is 4.36. The zero-order valence-corrected chi connectivity index (χ0v) is 12.8. The number of carbonyl (C=O) groups is 1. The van der Waals surface area contributed by atoms with Crippen LogP contribution in [-0.4, -0.2) is 5.78 Å². The number of carbonyl (C=O) groups excluding carboxylic acids is 1. The van der Waals surface area contributed by atoms with Gasteiger partial charge in [-0.3, -0.25) is 4.79 Å². The molecule has 0 saturated carbocycles. The first-order chi connectivity index (χ1) is 10.1. The van der Waals surface area contributed by atoms with E-state index in [9.17, 15) is 10.1 Å². The fourth-order valence-corrected chi connectivity index (χ4v) is 3.13. The van der Waals surface area contributed by atoms with E-state index in [2.05, 4.69) is 22.0 Å². The van der Waals surface area contributed by atoms with E-state index in [4.69, 9.17) is 10.5 Å². The number of hydrogen-bond donors (Lipinski definition) is 1. The smallest absolute Gasteiger partial charge is 0.205 e. The van der Waals surface area contributed by atoms with Crippen LogP contribution < -0.4 is 5.73 Å². The van der Waals surface area contributed by atoms with Crippen LogP contribution in [-0.2, 0) is 9.53 Å². The molecule has 0 fully saturated rings. The molecule has 3 rings (SSSR count). The highest BCUT2D eigenvalue weighted by molar-refractivity contribution is 9.10. The van der Waals surface area contributed by atoms with Gasteiger partial charge in [-0.05, 0) is 36.1 Å². The van der Waals surface area contributed by atoms with Crippen LogP contribution in [0.1, 0.15) is 30.7 Å². The molecular weight excluding hydrogens is 332 g/mol. The number of allylic oxidation sites excluding steroid dienone is 3. The van der Waals surface area contributed by atoms with Crippen molar-refractivity contribution in [3.05, 3.63) is 57.1 Å². The molecule has 1 aliphatic carbocycles. The van der Waals surface area contributed by atoms with Gasteiger partial charge in [0, 0.05) is 16.8 Å². The highest BCUT2D eigenvalue weighted by Gasteiger charge is 2.36. The molecule has 4 nitrogen and oxygen atoms in total. The molecule has 0 bridgehead atoms. The number of nitrogens with two attached hydrogens (primary N) is 1. The first-order valence-electron chi connectivity index (χ1n) is 6.71. The number of rotatable bonds is 1. The highest BCUT2D eigenvalue weighted by Crippen LogP contribution is 2.43. The van der Waals surface area contributed by atoms with Crippen LogP contribution in [0, 0.1) is 11.3 Å². The fraction of sp³-hybridized carbons (Fsp3) is 0.250. The predicted molar refractivity (Wildman–Crippen MR) is 80.7 cm³/mol. The van der Waals surface area contributed by atoms with E-state index >= 15 is 0 Å². The zero-order valence-electron chi connectivity index (χ0n) is 11.2. The Morgan fingerprint density at radius 1 is 1.29 bits per heavy atom. The van der Waals surface area contributed by atoms with E-state index in [0.29, 0.717) is 17.8 Å². The summed E-state index contributed by atoms with van der Waals surface area (Å²) >= 11 is 3.40. The maximum Gasteiger partial charge on any atom is 0.205 e. The van der Waals surface area contributed by atoms with Crippen LogP contribution in [0.5, 0.6) is 0 Å². The minimum atomic E-state index is -0.281. The fourth-order valence-electron chi connectivity index (χ4n) is 2.87. The maximum absolute atomic E-state index is 12.0. The van der Waals surface area contributed by atoms with E-state index in [0.717, 1.165) is 28.5 Å². The van der Waals surface area contributed by atoms with Crippen LogP contribution in [0.4, 0.5) is 0 Å². The van der Waals surface area contributed by atoms with Crippen LogP contribution in [0.25, 0.3) is 0 Å². The number of nitriles is 1. The number of hydrogen-bond acceptors (Lipinski definition) is 4. The molecule has 1 aromatic carbocycles. The normalized spacial score (nSPS) is 21.7. The minimum absolute atomic E-state index is 0.0294. The Bertz CT molecular complexity index is 711. The third-order valence-electron chi connectivity index (χ3n) is 3.83. The maximum atomic E-state index is 12.0. The molecule has 2 N–H and O–H groups in total. The molecule has 2 aliphatic rings. The topological polar surface area (TPSA) is 76.1 Å². The largest absolute Gasteiger partial charge is 0.437 e. The van der Waals surface area contributed by atoms with Gasteiger partial charge in [0.15, 0.2) is 11.5 Å². The summed E-state index contributed by atoms with van der Waals surface area (Å²) in [5, 5.41) is 9.42. The summed E-state index contributed by atoms with van der Waals surface area (Å²) in [5.41, 5.74) is 8.06. The van der Waals surface area contributed by atoms with Gasteiger partial charge in [-0.15, -0.1) is 0 Å². The predicted octanol–water partition coefficient (Wildman–Crippen LogP) is 3.26. The van der Waals surface area contributed by atoms with Crippen molar-refractivity contribution >= 4 is 21.7 Å². The van der Waals surface area contributed by atoms with Crippen molar-refractivity contribution in [2.45, 2.75) is 25.2 Å². The van der Waals surface area contributed by atoms with Crippen molar-refractivity contribution in [2.24, 2.45) is 5.73 Å². The average molecular weight is 345 g/mol. The van der Waals surface area contributed by atoms with Gasteiger partial charge in [-0.25, -0.2) is 0 Å². The van der Waals surface area contributed by atoms with Crippen LogP contribution in [0.2, 0.25) is 0 Å². The lowest BCUT2D eigenvalue weighted by Gasteiger charge is -2.31. The van der Waals surface area contributed by atoms with Gasteiger partial charge in [-0.1, -0.05) is 28.1 Å². The van der Waals surface area contributed by atoms with Crippen molar-refractivity contribution in [1.29, 1.82) is 5.26 Å². The van der Waals surface area contributed by atoms with Gasteiger partial charge in [0.2, 0.25) is 5.88 Å². The molecule has 0 radical (unpaired) electrons. The highest BCUT2D eigenvalue weighted by atomic mass is 79.9. The molecular formula is C16H13BrN2O2. The van der Waals surface area contributed by atoms with Crippen LogP contribution in [0.15, 0.2) is 51.5 Å². The van der Waals surface area contributed by atoms with Gasteiger partial charge in [0.1, 0.15) is 11.6 Å². The summed E-state index contributed by atoms with van der Waals surface area (Å²) in [6, 6.07) is 9.85. The summed E-state index contributed by atoms with van der Waals surface area (Å²) in [7, 11) is 0. The summed E-state index contributed by atoms with van der Waals surface area (Å²) in [5.74, 6) is 0.0690. The second-order valence-corrected chi connectivity index (χ2v) is 6.02. The Morgan fingerprint density at radius 3 is 2.67 bits per heavy atom. The number of halogens is 1. The van der Waals surface area contributed by atoms with Gasteiger partial charge in [-0.2, -0.15) is 5.26 Å². The first kappa shape index (κ1) is 13.9. The van der Waals surface area contributed by atoms with Gasteiger partial charge in [0.25, 0.3) is 0 Å². The van der Waals surface area contributed by atoms with E-state index in [1.807, 2.05) is 24.3 Å². The third kappa shape index (κ3) is 2.36. The van der Waals surface area contributed by atoms with Crippen molar-refractivity contribution in [3.8, 4) is 6.07 Å². The van der Waals surface area contributed by atoms with Crippen LogP contribution in [0.3, 0.4) is 0 Å². The number of ketones is 1. The monoisotopic (exact) mass is 344 g/mol. The molecule has 1 heterocycles. The molecule has 0 aromatic heterocycles. The Morgan fingerprint density at radius 2 is 2.00 bits per heavy atom. The lowest BCUT2D eigenvalue weighted by Crippen LogP contribution is -2.26. The van der Waals surface area contributed by atoms with Crippen LogP contribution >= 0.6 is 15.9 Å². The summed E-state index contributed by atoms with van der Waals surface area (Å²) in [4.78, 5) is 12.0. The SMILES string of the molecule is N#CC1=C(N)OC2=C(CCCC2=O)[C@H]1c1ccc(Br)cc1. The molecule has 1 aliphatic heterocycles.